The maximum Gasteiger partial charge on any atom is 0.211 e. The van der Waals surface area contributed by atoms with Crippen molar-refractivity contribution in [2.45, 2.75) is 0 Å². The molecule has 0 atom stereocenters. The first-order chi connectivity index (χ1) is 4.43. The normalized spacial score (nSPS) is 8.33. The minimum absolute atomic E-state index is 0.404. The molecule has 0 saturated carbocycles. The van der Waals surface area contributed by atoms with Gasteiger partial charge in [0.1, 0.15) is 0 Å². The fourth-order valence-electron chi connectivity index (χ4n) is 0.511. The van der Waals surface area contributed by atoms with Gasteiger partial charge in [0, 0.05) is 11.5 Å². The third-order valence-electron chi connectivity index (χ3n) is 0.865. The van der Waals surface area contributed by atoms with E-state index in [9.17, 15) is 0 Å². The molecule has 0 bridgehead atoms. The van der Waals surface area contributed by atoms with E-state index >= 15 is 0 Å². The van der Waals surface area contributed by atoms with Crippen molar-refractivity contribution >= 4 is 14.8 Å². The van der Waals surface area contributed by atoms with Gasteiger partial charge >= 0.3 is 0 Å². The summed E-state index contributed by atoms with van der Waals surface area (Å²) in [6.07, 6.45) is 6.83. The van der Waals surface area contributed by atoms with Gasteiger partial charge in [-0.15, -0.1) is 12.0 Å². The van der Waals surface area contributed by atoms with Crippen LogP contribution in [0.15, 0.2) is 24.4 Å². The SMILES string of the molecule is C#C[Si]c1ccccn1. The Kier molecular flexibility index (Phi) is 2.05. The van der Waals surface area contributed by atoms with E-state index in [4.69, 9.17) is 6.42 Å². The van der Waals surface area contributed by atoms with Crippen molar-refractivity contribution in [2.75, 3.05) is 0 Å². The predicted molar refractivity (Wildman–Crippen MR) is 38.5 cm³/mol. The molecule has 0 saturated heterocycles. The molecular weight excluding hydrogens is 126 g/mol. The number of hydrogen-bond acceptors (Lipinski definition) is 1. The Morgan fingerprint density at radius 3 is 3.00 bits per heavy atom. The van der Waals surface area contributed by atoms with Gasteiger partial charge in [-0.05, 0) is 12.1 Å². The van der Waals surface area contributed by atoms with E-state index in [0.29, 0.717) is 9.52 Å². The molecule has 0 fully saturated rings. The quantitative estimate of drug-likeness (QED) is 0.386. The molecule has 1 aromatic rings. The summed E-state index contributed by atoms with van der Waals surface area (Å²) in [7, 11) is 0.404. The third kappa shape index (κ3) is 1.71. The van der Waals surface area contributed by atoms with Crippen molar-refractivity contribution in [3.05, 3.63) is 24.4 Å². The number of terminal acetylenes is 1. The van der Waals surface area contributed by atoms with Gasteiger partial charge in [-0.1, -0.05) is 6.07 Å². The molecule has 0 aliphatic heterocycles. The van der Waals surface area contributed by atoms with Gasteiger partial charge in [-0.2, -0.15) is 0 Å². The zero-order chi connectivity index (χ0) is 6.53. The van der Waals surface area contributed by atoms with Crippen LogP contribution in [-0.4, -0.2) is 14.5 Å². The fraction of sp³-hybridized carbons (Fsp3) is 0. The van der Waals surface area contributed by atoms with Crippen LogP contribution in [0, 0.1) is 12.0 Å². The van der Waals surface area contributed by atoms with E-state index in [1.807, 2.05) is 18.2 Å². The van der Waals surface area contributed by atoms with Crippen molar-refractivity contribution in [1.82, 2.24) is 4.98 Å². The highest BCUT2D eigenvalue weighted by Gasteiger charge is 1.87. The zero-order valence-corrected chi connectivity index (χ0v) is 5.83. The maximum atomic E-state index is 5.08. The molecule has 0 amide bonds. The Hall–Kier alpha value is -1.07. The van der Waals surface area contributed by atoms with Crippen LogP contribution in [0.25, 0.3) is 0 Å². The summed E-state index contributed by atoms with van der Waals surface area (Å²) in [4.78, 5) is 4.04. The van der Waals surface area contributed by atoms with Crippen LogP contribution in [0.1, 0.15) is 0 Å². The fourth-order valence-corrected chi connectivity index (χ4v) is 0.977. The Balaban J connectivity index is 2.76. The molecule has 2 heteroatoms. The van der Waals surface area contributed by atoms with Crippen LogP contribution >= 0.6 is 0 Å². The average Bonchev–Trinajstić information content (AvgIpc) is 1.91. The molecular formula is C7H5NSi. The molecule has 9 heavy (non-hydrogen) atoms. The smallest absolute Gasteiger partial charge is 0.211 e. The first-order valence-corrected chi connectivity index (χ1v) is 3.56. The Labute approximate surface area is 57.0 Å². The number of aromatic nitrogens is 1. The summed E-state index contributed by atoms with van der Waals surface area (Å²) < 4.78 is 0. The van der Waals surface area contributed by atoms with Crippen molar-refractivity contribution in [2.24, 2.45) is 0 Å². The second kappa shape index (κ2) is 3.05. The molecule has 42 valence electrons. The number of pyridine rings is 1. The van der Waals surface area contributed by atoms with Gasteiger partial charge < -0.3 is 0 Å². The second-order valence-corrected chi connectivity index (χ2v) is 2.54. The maximum absolute atomic E-state index is 5.08. The second-order valence-electron chi connectivity index (χ2n) is 1.48. The van der Waals surface area contributed by atoms with Gasteiger partial charge in [-0.3, -0.25) is 4.98 Å². The molecule has 1 rings (SSSR count). The molecule has 0 aliphatic rings. The zero-order valence-electron chi connectivity index (χ0n) is 4.83. The van der Waals surface area contributed by atoms with E-state index in [0.717, 1.165) is 5.32 Å². The van der Waals surface area contributed by atoms with Gasteiger partial charge in [0.25, 0.3) is 0 Å². The van der Waals surface area contributed by atoms with Gasteiger partial charge in [0.05, 0.1) is 0 Å². The number of nitrogens with zero attached hydrogens (tertiary/aromatic N) is 1. The molecule has 2 radical (unpaired) electrons. The van der Waals surface area contributed by atoms with Crippen molar-refractivity contribution < 1.29 is 0 Å². The topological polar surface area (TPSA) is 12.9 Å². The van der Waals surface area contributed by atoms with Crippen LogP contribution in [0.2, 0.25) is 0 Å². The molecule has 0 unspecified atom stereocenters. The van der Waals surface area contributed by atoms with E-state index < -0.39 is 0 Å². The third-order valence-corrected chi connectivity index (χ3v) is 1.56. The Morgan fingerprint density at radius 1 is 1.56 bits per heavy atom. The molecule has 1 heterocycles. The van der Waals surface area contributed by atoms with Gasteiger partial charge in [-0.25, -0.2) is 0 Å². The minimum atomic E-state index is 0.404. The summed E-state index contributed by atoms with van der Waals surface area (Å²) in [6, 6.07) is 5.75. The van der Waals surface area contributed by atoms with E-state index in [1.54, 1.807) is 6.20 Å². The summed E-state index contributed by atoms with van der Waals surface area (Å²) in [5.74, 6) is 0. The number of rotatable bonds is 1. The Bertz CT molecular complexity index is 212. The highest BCUT2D eigenvalue weighted by atomic mass is 28.2. The summed E-state index contributed by atoms with van der Waals surface area (Å²) in [5.41, 5.74) is 2.55. The summed E-state index contributed by atoms with van der Waals surface area (Å²) in [5, 5.41) is 0.986. The first-order valence-electron chi connectivity index (χ1n) is 2.56. The summed E-state index contributed by atoms with van der Waals surface area (Å²) in [6.45, 7) is 0. The lowest BCUT2D eigenvalue weighted by Gasteiger charge is -1.87. The lowest BCUT2D eigenvalue weighted by molar-refractivity contribution is 1.39. The van der Waals surface area contributed by atoms with E-state index in [2.05, 4.69) is 10.5 Å². The minimum Gasteiger partial charge on any atom is -0.265 e. The van der Waals surface area contributed by atoms with Crippen molar-refractivity contribution in [1.29, 1.82) is 0 Å². The predicted octanol–water partition coefficient (Wildman–Crippen LogP) is 0.00180. The lowest BCUT2D eigenvalue weighted by Crippen LogP contribution is -2.15. The first kappa shape index (κ1) is 6.05. The van der Waals surface area contributed by atoms with Crippen LogP contribution in [0.3, 0.4) is 0 Å². The molecule has 0 spiro atoms. The standard InChI is InChI=1S/C7H5NSi/c1-2-9-7-5-3-4-6-8-7/h1,3-6H. The van der Waals surface area contributed by atoms with Crippen LogP contribution < -0.4 is 5.32 Å². The number of hydrogen-bond donors (Lipinski definition) is 0. The van der Waals surface area contributed by atoms with Crippen molar-refractivity contribution in [3.63, 3.8) is 0 Å². The van der Waals surface area contributed by atoms with E-state index in [-0.39, 0.29) is 0 Å². The van der Waals surface area contributed by atoms with Gasteiger partial charge in [0.2, 0.25) is 9.52 Å². The highest BCUT2D eigenvalue weighted by molar-refractivity contribution is 6.60. The molecule has 0 aliphatic carbocycles. The van der Waals surface area contributed by atoms with Crippen LogP contribution in [-0.2, 0) is 0 Å². The largest absolute Gasteiger partial charge is 0.265 e. The van der Waals surface area contributed by atoms with Crippen LogP contribution in [0.4, 0.5) is 0 Å². The molecule has 1 aromatic heterocycles. The average molecular weight is 131 g/mol. The monoisotopic (exact) mass is 131 g/mol. The van der Waals surface area contributed by atoms with Gasteiger partial charge in [0.15, 0.2) is 0 Å². The van der Waals surface area contributed by atoms with E-state index in [1.165, 1.54) is 0 Å². The Morgan fingerprint density at radius 2 is 2.44 bits per heavy atom. The molecule has 1 nitrogen and oxygen atoms in total. The molecule has 0 N–H and O–H groups in total. The lowest BCUT2D eigenvalue weighted by atomic mass is 10.5. The summed E-state index contributed by atoms with van der Waals surface area (Å²) >= 11 is 0. The molecule has 0 aromatic carbocycles. The van der Waals surface area contributed by atoms with Crippen LogP contribution in [0.5, 0.6) is 0 Å². The highest BCUT2D eigenvalue weighted by Crippen LogP contribution is 1.73. The van der Waals surface area contributed by atoms with Crippen molar-refractivity contribution in [3.8, 4) is 12.0 Å².